The number of halogens is 1. The van der Waals surface area contributed by atoms with E-state index >= 15 is 0 Å². The van der Waals surface area contributed by atoms with Crippen LogP contribution in [0.15, 0.2) is 30.8 Å². The Hall–Kier alpha value is -1.84. The summed E-state index contributed by atoms with van der Waals surface area (Å²) in [5.74, 6) is -0.319. The molecular formula is C11H11FO3. The highest BCUT2D eigenvalue weighted by Gasteiger charge is 2.04. The summed E-state index contributed by atoms with van der Waals surface area (Å²) in [4.78, 5) is 10.7. The van der Waals surface area contributed by atoms with E-state index in [2.05, 4.69) is 16.1 Å². The number of ether oxygens (including phenoxy) is 2. The van der Waals surface area contributed by atoms with Crippen LogP contribution in [0.25, 0.3) is 5.57 Å². The third kappa shape index (κ3) is 3.42. The largest absolute Gasteiger partial charge is 0.508 e. The summed E-state index contributed by atoms with van der Waals surface area (Å²) in [5, 5.41) is 0. The van der Waals surface area contributed by atoms with Gasteiger partial charge >= 0.3 is 6.16 Å². The molecule has 0 aliphatic rings. The zero-order valence-corrected chi connectivity index (χ0v) is 8.33. The van der Waals surface area contributed by atoms with Crippen LogP contribution in [0.2, 0.25) is 0 Å². The predicted molar refractivity (Wildman–Crippen MR) is 53.8 cm³/mol. The lowest BCUT2D eigenvalue weighted by molar-refractivity contribution is 0.0833. The van der Waals surface area contributed by atoms with Crippen molar-refractivity contribution < 1.29 is 18.7 Å². The monoisotopic (exact) mass is 210 g/mol. The van der Waals surface area contributed by atoms with E-state index in [1.165, 1.54) is 19.2 Å². The van der Waals surface area contributed by atoms with Crippen LogP contribution >= 0.6 is 0 Å². The third-order valence-electron chi connectivity index (χ3n) is 1.78. The summed E-state index contributed by atoms with van der Waals surface area (Å²) in [6.07, 6.45) is -0.765. The minimum atomic E-state index is -0.765. The molecule has 0 heterocycles. The quantitative estimate of drug-likeness (QED) is 0.719. The van der Waals surface area contributed by atoms with Gasteiger partial charge in [-0.3, -0.25) is 0 Å². The molecule has 0 bridgehead atoms. The summed E-state index contributed by atoms with van der Waals surface area (Å²) in [5.41, 5.74) is 1.31. The number of rotatable bonds is 3. The van der Waals surface area contributed by atoms with Crippen molar-refractivity contribution in [2.75, 3.05) is 13.7 Å². The summed E-state index contributed by atoms with van der Waals surface area (Å²) >= 11 is 0. The SMILES string of the molecule is C=C(COC(=O)OC)c1ccc(F)cc1. The van der Waals surface area contributed by atoms with Crippen LogP contribution in [0.5, 0.6) is 0 Å². The Labute approximate surface area is 87.1 Å². The van der Waals surface area contributed by atoms with Crippen LogP contribution in [0.4, 0.5) is 9.18 Å². The fourth-order valence-corrected chi connectivity index (χ4v) is 0.974. The number of hydrogen-bond donors (Lipinski definition) is 0. The highest BCUT2D eigenvalue weighted by atomic mass is 19.1. The van der Waals surface area contributed by atoms with E-state index in [1.54, 1.807) is 12.1 Å². The fourth-order valence-electron chi connectivity index (χ4n) is 0.974. The van der Waals surface area contributed by atoms with Gasteiger partial charge in [0.1, 0.15) is 12.4 Å². The standard InChI is InChI=1S/C11H11FO3/c1-8(7-15-11(13)14-2)9-3-5-10(12)6-4-9/h3-6H,1,7H2,2H3. The van der Waals surface area contributed by atoms with Gasteiger partial charge in [-0.25, -0.2) is 9.18 Å². The van der Waals surface area contributed by atoms with Gasteiger partial charge in [-0.15, -0.1) is 0 Å². The van der Waals surface area contributed by atoms with Gasteiger partial charge in [0.15, 0.2) is 0 Å². The molecule has 0 unspecified atom stereocenters. The molecule has 0 saturated carbocycles. The van der Waals surface area contributed by atoms with Crippen LogP contribution in [-0.2, 0) is 9.47 Å². The molecule has 0 atom stereocenters. The summed E-state index contributed by atoms with van der Waals surface area (Å²) < 4.78 is 21.6. The van der Waals surface area contributed by atoms with Crippen LogP contribution in [0, 0.1) is 5.82 Å². The number of carbonyl (C=O) groups excluding carboxylic acids is 1. The molecule has 4 heteroatoms. The van der Waals surface area contributed by atoms with Crippen molar-refractivity contribution in [3.8, 4) is 0 Å². The Balaban J connectivity index is 2.54. The molecule has 0 fully saturated rings. The molecule has 0 amide bonds. The van der Waals surface area contributed by atoms with E-state index in [0.29, 0.717) is 5.57 Å². The number of hydrogen-bond acceptors (Lipinski definition) is 3. The average Bonchev–Trinajstić information content (AvgIpc) is 2.26. The van der Waals surface area contributed by atoms with Gasteiger partial charge in [0.05, 0.1) is 7.11 Å². The lowest BCUT2D eigenvalue weighted by Gasteiger charge is -2.06. The highest BCUT2D eigenvalue weighted by Crippen LogP contribution is 2.13. The molecule has 1 aromatic rings. The first-order valence-corrected chi connectivity index (χ1v) is 4.28. The molecule has 3 nitrogen and oxygen atoms in total. The van der Waals surface area contributed by atoms with Gasteiger partial charge in [0.2, 0.25) is 0 Å². The van der Waals surface area contributed by atoms with Crippen molar-refractivity contribution >= 4 is 11.7 Å². The Bertz CT molecular complexity index is 357. The van der Waals surface area contributed by atoms with Crippen molar-refractivity contribution in [2.45, 2.75) is 0 Å². The number of benzene rings is 1. The second-order valence-corrected chi connectivity index (χ2v) is 2.85. The molecule has 0 aromatic heterocycles. The first-order chi connectivity index (χ1) is 7.13. The average molecular weight is 210 g/mol. The molecule has 1 rings (SSSR count). The summed E-state index contributed by atoms with van der Waals surface area (Å²) in [6.45, 7) is 3.73. The molecule has 0 spiro atoms. The fraction of sp³-hybridized carbons (Fsp3) is 0.182. The second-order valence-electron chi connectivity index (χ2n) is 2.85. The minimum Gasteiger partial charge on any atom is -0.438 e. The second kappa shape index (κ2) is 5.14. The normalized spacial score (nSPS) is 9.47. The molecule has 1 aromatic carbocycles. The van der Waals surface area contributed by atoms with E-state index in [9.17, 15) is 9.18 Å². The summed E-state index contributed by atoms with van der Waals surface area (Å²) in [6, 6.07) is 5.77. The van der Waals surface area contributed by atoms with E-state index in [1.807, 2.05) is 0 Å². The van der Waals surface area contributed by atoms with Gasteiger partial charge < -0.3 is 9.47 Å². The molecule has 0 aliphatic carbocycles. The Morgan fingerprint density at radius 2 is 2.00 bits per heavy atom. The zero-order chi connectivity index (χ0) is 11.3. The van der Waals surface area contributed by atoms with Crippen molar-refractivity contribution in [3.63, 3.8) is 0 Å². The van der Waals surface area contributed by atoms with Crippen LogP contribution in [0.1, 0.15) is 5.56 Å². The molecule has 0 N–H and O–H groups in total. The molecule has 0 saturated heterocycles. The molecule has 80 valence electrons. The van der Waals surface area contributed by atoms with Gasteiger partial charge in [0, 0.05) is 0 Å². The molecular weight excluding hydrogens is 199 g/mol. The van der Waals surface area contributed by atoms with Crippen LogP contribution in [0.3, 0.4) is 0 Å². The number of methoxy groups -OCH3 is 1. The van der Waals surface area contributed by atoms with Gasteiger partial charge in [-0.05, 0) is 23.3 Å². The highest BCUT2D eigenvalue weighted by molar-refractivity contribution is 5.67. The molecule has 15 heavy (non-hydrogen) atoms. The zero-order valence-electron chi connectivity index (χ0n) is 8.33. The lowest BCUT2D eigenvalue weighted by Crippen LogP contribution is -2.06. The van der Waals surface area contributed by atoms with Crippen molar-refractivity contribution in [1.29, 1.82) is 0 Å². The van der Waals surface area contributed by atoms with Crippen molar-refractivity contribution in [3.05, 3.63) is 42.2 Å². The third-order valence-corrected chi connectivity index (χ3v) is 1.78. The predicted octanol–water partition coefficient (Wildman–Crippen LogP) is 2.62. The van der Waals surface area contributed by atoms with Crippen molar-refractivity contribution in [1.82, 2.24) is 0 Å². The Morgan fingerprint density at radius 1 is 1.40 bits per heavy atom. The van der Waals surface area contributed by atoms with E-state index < -0.39 is 6.16 Å². The minimum absolute atomic E-state index is 0.0261. The maximum absolute atomic E-state index is 12.6. The van der Waals surface area contributed by atoms with Crippen LogP contribution < -0.4 is 0 Å². The van der Waals surface area contributed by atoms with E-state index in [0.717, 1.165) is 5.56 Å². The first-order valence-electron chi connectivity index (χ1n) is 4.28. The Kier molecular flexibility index (Phi) is 3.85. The van der Waals surface area contributed by atoms with E-state index in [4.69, 9.17) is 0 Å². The van der Waals surface area contributed by atoms with Gasteiger partial charge in [-0.2, -0.15) is 0 Å². The van der Waals surface area contributed by atoms with Gasteiger partial charge in [0.25, 0.3) is 0 Å². The van der Waals surface area contributed by atoms with Gasteiger partial charge in [-0.1, -0.05) is 18.7 Å². The van der Waals surface area contributed by atoms with E-state index in [-0.39, 0.29) is 12.4 Å². The Morgan fingerprint density at radius 3 is 2.53 bits per heavy atom. The van der Waals surface area contributed by atoms with Crippen LogP contribution in [-0.4, -0.2) is 19.9 Å². The maximum Gasteiger partial charge on any atom is 0.508 e. The first kappa shape index (κ1) is 11.2. The maximum atomic E-state index is 12.6. The molecule has 0 radical (unpaired) electrons. The molecule has 0 aliphatic heterocycles. The smallest absolute Gasteiger partial charge is 0.438 e. The topological polar surface area (TPSA) is 35.5 Å². The lowest BCUT2D eigenvalue weighted by atomic mass is 10.1. The van der Waals surface area contributed by atoms with Crippen molar-refractivity contribution in [2.24, 2.45) is 0 Å². The summed E-state index contributed by atoms with van der Waals surface area (Å²) in [7, 11) is 1.23. The number of carbonyl (C=O) groups is 1.